The lowest BCUT2D eigenvalue weighted by molar-refractivity contribution is 0.0628. The van der Waals surface area contributed by atoms with Gasteiger partial charge < -0.3 is 10.2 Å². The normalized spacial score (nSPS) is 22.4. The van der Waals surface area contributed by atoms with Gasteiger partial charge in [0.1, 0.15) is 5.82 Å². The molecule has 1 heterocycles. The van der Waals surface area contributed by atoms with Crippen molar-refractivity contribution in [2.75, 3.05) is 19.4 Å². The molecule has 0 spiro atoms. The summed E-state index contributed by atoms with van der Waals surface area (Å²) in [5.74, 6) is 1.15. The molecule has 2 rings (SSSR count). The topological polar surface area (TPSA) is 45.2 Å². The third-order valence-electron chi connectivity index (χ3n) is 4.21. The monoisotopic (exact) mass is 295 g/mol. The van der Waals surface area contributed by atoms with Crippen LogP contribution in [-0.4, -0.2) is 35.9 Å². The van der Waals surface area contributed by atoms with Crippen LogP contribution in [0.5, 0.6) is 0 Å². The zero-order valence-corrected chi connectivity index (χ0v) is 13.1. The van der Waals surface area contributed by atoms with Crippen LogP contribution in [-0.2, 0) is 0 Å². The molecule has 5 heteroatoms. The van der Waals surface area contributed by atoms with Crippen LogP contribution in [0.25, 0.3) is 0 Å². The van der Waals surface area contributed by atoms with Crippen LogP contribution in [0, 0.1) is 5.92 Å². The molecule has 1 aliphatic carbocycles. The Morgan fingerprint density at radius 3 is 2.75 bits per heavy atom. The summed E-state index contributed by atoms with van der Waals surface area (Å²) in [4.78, 5) is 18.6. The molecule has 0 saturated heterocycles. The van der Waals surface area contributed by atoms with Gasteiger partial charge in [0.25, 0.3) is 5.91 Å². The van der Waals surface area contributed by atoms with E-state index >= 15 is 0 Å². The van der Waals surface area contributed by atoms with Crippen molar-refractivity contribution in [2.45, 2.75) is 38.6 Å². The first-order valence-corrected chi connectivity index (χ1v) is 7.53. The first-order chi connectivity index (χ1) is 9.54. The highest BCUT2D eigenvalue weighted by Gasteiger charge is 2.28. The molecule has 4 nitrogen and oxygen atoms in total. The van der Waals surface area contributed by atoms with Crippen LogP contribution in [0.4, 0.5) is 5.82 Å². The smallest absolute Gasteiger partial charge is 0.255 e. The second-order valence-corrected chi connectivity index (χ2v) is 5.96. The fraction of sp³-hybridized carbons (Fsp3) is 0.600. The number of aromatic nitrogens is 1. The highest BCUT2D eigenvalue weighted by molar-refractivity contribution is 6.33. The van der Waals surface area contributed by atoms with Crippen molar-refractivity contribution in [2.24, 2.45) is 5.92 Å². The summed E-state index contributed by atoms with van der Waals surface area (Å²) in [6.45, 7) is 2.23. The summed E-state index contributed by atoms with van der Waals surface area (Å²) in [5.41, 5.74) is 0.550. The van der Waals surface area contributed by atoms with E-state index in [4.69, 9.17) is 11.6 Å². The number of nitrogens with one attached hydrogen (secondary N) is 1. The van der Waals surface area contributed by atoms with Gasteiger partial charge in [0, 0.05) is 26.3 Å². The summed E-state index contributed by atoms with van der Waals surface area (Å²) in [5, 5.41) is 3.37. The molecule has 110 valence electrons. The van der Waals surface area contributed by atoms with Gasteiger partial charge >= 0.3 is 0 Å². The number of halogens is 1. The van der Waals surface area contributed by atoms with Crippen molar-refractivity contribution in [3.63, 3.8) is 0 Å². The first kappa shape index (κ1) is 15.1. The molecule has 1 aromatic rings. The summed E-state index contributed by atoms with van der Waals surface area (Å²) in [6.07, 6.45) is 6.33. The SMILES string of the molecule is CNc1ncc(C(=O)N(C)C2CCCCC2C)cc1Cl. The summed E-state index contributed by atoms with van der Waals surface area (Å²) in [7, 11) is 3.64. The van der Waals surface area contributed by atoms with Crippen molar-refractivity contribution < 1.29 is 4.79 Å². The number of rotatable bonds is 3. The van der Waals surface area contributed by atoms with Crippen LogP contribution >= 0.6 is 11.6 Å². The third kappa shape index (κ3) is 3.06. The maximum Gasteiger partial charge on any atom is 0.255 e. The largest absolute Gasteiger partial charge is 0.372 e. The lowest BCUT2D eigenvalue weighted by Gasteiger charge is -2.36. The maximum atomic E-state index is 12.5. The number of anilines is 1. The van der Waals surface area contributed by atoms with Gasteiger partial charge in [-0.05, 0) is 24.8 Å². The predicted octanol–water partition coefficient (Wildman–Crippen LogP) is 3.43. The highest BCUT2D eigenvalue weighted by atomic mass is 35.5. The van der Waals surface area contributed by atoms with E-state index in [1.54, 1.807) is 19.3 Å². The molecule has 2 atom stereocenters. The first-order valence-electron chi connectivity index (χ1n) is 7.15. The minimum atomic E-state index is 0.000744. The number of nitrogens with zero attached hydrogens (tertiary/aromatic N) is 2. The molecule has 20 heavy (non-hydrogen) atoms. The fourth-order valence-electron chi connectivity index (χ4n) is 2.97. The Bertz CT molecular complexity index is 492. The van der Waals surface area contributed by atoms with Crippen molar-refractivity contribution in [1.82, 2.24) is 9.88 Å². The molecule has 0 bridgehead atoms. The molecule has 1 saturated carbocycles. The molecular weight excluding hydrogens is 274 g/mol. The summed E-state index contributed by atoms with van der Waals surface area (Å²) in [6, 6.07) is 2.01. The molecule has 1 amide bonds. The minimum absolute atomic E-state index is 0.000744. The van der Waals surface area contributed by atoms with Gasteiger partial charge in [-0.2, -0.15) is 0 Å². The zero-order chi connectivity index (χ0) is 14.7. The van der Waals surface area contributed by atoms with E-state index in [2.05, 4.69) is 17.2 Å². The van der Waals surface area contributed by atoms with Gasteiger partial charge in [-0.15, -0.1) is 0 Å². The van der Waals surface area contributed by atoms with Crippen molar-refractivity contribution >= 4 is 23.3 Å². The van der Waals surface area contributed by atoms with Gasteiger partial charge in [0.2, 0.25) is 0 Å². The predicted molar refractivity (Wildman–Crippen MR) is 82.3 cm³/mol. The molecule has 1 aromatic heterocycles. The Balaban J connectivity index is 2.15. The molecule has 2 unspecified atom stereocenters. The molecule has 1 fully saturated rings. The molecule has 1 N–H and O–H groups in total. The molecule has 0 aliphatic heterocycles. The second-order valence-electron chi connectivity index (χ2n) is 5.55. The van der Waals surface area contributed by atoms with E-state index in [0.717, 1.165) is 6.42 Å². The molecular formula is C15H22ClN3O. The van der Waals surface area contributed by atoms with E-state index in [0.29, 0.717) is 28.4 Å². The lowest BCUT2D eigenvalue weighted by Crippen LogP contribution is -2.42. The number of carbonyl (C=O) groups excluding carboxylic acids is 1. The number of carbonyl (C=O) groups is 1. The zero-order valence-electron chi connectivity index (χ0n) is 12.3. The summed E-state index contributed by atoms with van der Waals surface area (Å²) >= 11 is 6.10. The Labute approximate surface area is 125 Å². The molecule has 0 radical (unpaired) electrons. The minimum Gasteiger partial charge on any atom is -0.372 e. The van der Waals surface area contributed by atoms with Crippen molar-refractivity contribution in [3.8, 4) is 0 Å². The second kappa shape index (κ2) is 6.44. The Morgan fingerprint density at radius 1 is 1.45 bits per heavy atom. The van der Waals surface area contributed by atoms with Gasteiger partial charge in [-0.3, -0.25) is 4.79 Å². The van der Waals surface area contributed by atoms with E-state index in [1.807, 2.05) is 11.9 Å². The van der Waals surface area contributed by atoms with E-state index in [-0.39, 0.29) is 5.91 Å². The van der Waals surface area contributed by atoms with Gasteiger partial charge in [-0.25, -0.2) is 4.98 Å². The van der Waals surface area contributed by atoms with Crippen LogP contribution in [0.1, 0.15) is 43.0 Å². The van der Waals surface area contributed by atoms with Crippen LogP contribution < -0.4 is 5.32 Å². The highest BCUT2D eigenvalue weighted by Crippen LogP contribution is 2.28. The Morgan fingerprint density at radius 2 is 2.15 bits per heavy atom. The van der Waals surface area contributed by atoms with E-state index < -0.39 is 0 Å². The Hall–Kier alpha value is -1.29. The van der Waals surface area contributed by atoms with Crippen molar-refractivity contribution in [3.05, 3.63) is 22.8 Å². The van der Waals surface area contributed by atoms with E-state index in [1.165, 1.54) is 19.3 Å². The Kier molecular flexibility index (Phi) is 4.86. The van der Waals surface area contributed by atoms with Crippen LogP contribution in [0.2, 0.25) is 5.02 Å². The van der Waals surface area contributed by atoms with Crippen LogP contribution in [0.3, 0.4) is 0 Å². The summed E-state index contributed by atoms with van der Waals surface area (Å²) < 4.78 is 0. The van der Waals surface area contributed by atoms with Crippen LogP contribution in [0.15, 0.2) is 12.3 Å². The lowest BCUT2D eigenvalue weighted by atomic mass is 9.85. The maximum absolute atomic E-state index is 12.5. The van der Waals surface area contributed by atoms with E-state index in [9.17, 15) is 4.79 Å². The molecule has 1 aliphatic rings. The fourth-order valence-corrected chi connectivity index (χ4v) is 3.23. The number of hydrogen-bond donors (Lipinski definition) is 1. The quantitative estimate of drug-likeness (QED) is 0.929. The number of pyridine rings is 1. The third-order valence-corrected chi connectivity index (χ3v) is 4.50. The standard InChI is InChI=1S/C15H22ClN3O/c1-10-6-4-5-7-13(10)19(3)15(20)11-8-12(16)14(17-2)18-9-11/h8-10,13H,4-7H2,1-3H3,(H,17,18). The van der Waals surface area contributed by atoms with Gasteiger partial charge in [0.15, 0.2) is 0 Å². The average molecular weight is 296 g/mol. The number of amides is 1. The average Bonchev–Trinajstić information content (AvgIpc) is 2.46. The number of hydrogen-bond acceptors (Lipinski definition) is 3. The van der Waals surface area contributed by atoms with Gasteiger partial charge in [-0.1, -0.05) is 31.4 Å². The molecule has 0 aromatic carbocycles. The van der Waals surface area contributed by atoms with Gasteiger partial charge in [0.05, 0.1) is 10.6 Å². The van der Waals surface area contributed by atoms with Crippen molar-refractivity contribution in [1.29, 1.82) is 0 Å².